The molecule has 3 heteroatoms. The Morgan fingerprint density at radius 1 is 1.24 bits per heavy atom. The van der Waals surface area contributed by atoms with E-state index in [0.717, 1.165) is 31.4 Å². The van der Waals surface area contributed by atoms with Crippen LogP contribution in [-0.2, 0) is 21.4 Å². The van der Waals surface area contributed by atoms with Crippen molar-refractivity contribution >= 4 is 11.6 Å². The maximum Gasteiger partial charge on any atom is 0.268 e. The smallest absolute Gasteiger partial charge is 0.268 e. The van der Waals surface area contributed by atoms with E-state index in [9.17, 15) is 4.79 Å². The summed E-state index contributed by atoms with van der Waals surface area (Å²) in [6, 6.07) is 6.21. The van der Waals surface area contributed by atoms with Crippen LogP contribution in [0.4, 0.5) is 5.69 Å². The minimum Gasteiger partial charge on any atom is -0.486 e. The number of ether oxygens (including phenoxy) is 1. The van der Waals surface area contributed by atoms with Gasteiger partial charge in [0.15, 0.2) is 5.60 Å². The molecule has 21 heavy (non-hydrogen) atoms. The number of fused-ring (bicyclic) bond motifs is 1. The third-order valence-electron chi connectivity index (χ3n) is 4.85. The maximum atomic E-state index is 12.6. The van der Waals surface area contributed by atoms with Crippen molar-refractivity contribution < 1.29 is 9.53 Å². The lowest BCUT2D eigenvalue weighted by atomic mass is 9.86. The average molecular weight is 285 g/mol. The number of carbonyl (C=O) groups is 1. The van der Waals surface area contributed by atoms with E-state index < -0.39 is 5.60 Å². The van der Waals surface area contributed by atoms with Crippen molar-refractivity contribution in [2.45, 2.75) is 57.5 Å². The Balaban J connectivity index is 1.85. The lowest BCUT2D eigenvalue weighted by Gasteiger charge is -2.30. The molecule has 112 valence electrons. The number of benzene rings is 1. The predicted molar refractivity (Wildman–Crippen MR) is 84.3 cm³/mol. The summed E-state index contributed by atoms with van der Waals surface area (Å²) in [5.74, 6) is -0.0510. The molecular weight excluding hydrogens is 262 g/mol. The van der Waals surface area contributed by atoms with Crippen LogP contribution in [0.3, 0.4) is 0 Å². The van der Waals surface area contributed by atoms with Gasteiger partial charge >= 0.3 is 0 Å². The van der Waals surface area contributed by atoms with E-state index in [2.05, 4.69) is 25.2 Å². The van der Waals surface area contributed by atoms with Crippen LogP contribution >= 0.6 is 0 Å². The molecule has 1 aromatic rings. The van der Waals surface area contributed by atoms with Gasteiger partial charge < -0.3 is 10.1 Å². The normalized spacial score (nSPS) is 26.0. The largest absolute Gasteiger partial charge is 0.486 e. The third kappa shape index (κ3) is 2.45. The van der Waals surface area contributed by atoms with Gasteiger partial charge in [-0.2, -0.15) is 0 Å². The quantitative estimate of drug-likeness (QED) is 0.894. The minimum atomic E-state index is -0.758. The van der Waals surface area contributed by atoms with E-state index >= 15 is 0 Å². The Kier molecular flexibility index (Phi) is 3.31. The molecule has 0 saturated heterocycles. The molecule has 0 bridgehead atoms. The van der Waals surface area contributed by atoms with Crippen LogP contribution in [-0.4, -0.2) is 11.5 Å². The SMILES string of the molecule is CC1(C(=O)Nc2cccc3c2CCC3(C)C)CCC=CO1. The summed E-state index contributed by atoms with van der Waals surface area (Å²) in [5.41, 5.74) is 3.03. The van der Waals surface area contributed by atoms with E-state index in [-0.39, 0.29) is 11.3 Å². The van der Waals surface area contributed by atoms with E-state index in [1.54, 1.807) is 6.26 Å². The number of nitrogens with one attached hydrogen (secondary N) is 1. The molecule has 0 spiro atoms. The molecule has 1 amide bonds. The first kappa shape index (κ1) is 14.2. The molecule has 1 heterocycles. The molecule has 1 aliphatic carbocycles. The van der Waals surface area contributed by atoms with Gasteiger partial charge in [-0.1, -0.05) is 26.0 Å². The summed E-state index contributed by atoms with van der Waals surface area (Å²) in [7, 11) is 0. The highest BCUT2D eigenvalue weighted by Crippen LogP contribution is 2.41. The molecule has 1 aromatic carbocycles. The molecule has 0 radical (unpaired) electrons. The molecule has 0 saturated carbocycles. The number of rotatable bonds is 2. The molecule has 3 rings (SSSR count). The van der Waals surface area contributed by atoms with Gasteiger partial charge in [0, 0.05) is 5.69 Å². The first-order valence-electron chi connectivity index (χ1n) is 7.69. The highest BCUT2D eigenvalue weighted by molar-refractivity contribution is 5.98. The van der Waals surface area contributed by atoms with Gasteiger partial charge in [-0.05, 0) is 61.3 Å². The monoisotopic (exact) mass is 285 g/mol. The summed E-state index contributed by atoms with van der Waals surface area (Å²) in [4.78, 5) is 12.6. The van der Waals surface area contributed by atoms with Crippen molar-refractivity contribution in [3.05, 3.63) is 41.7 Å². The van der Waals surface area contributed by atoms with Crippen LogP contribution in [0.25, 0.3) is 0 Å². The Labute approximate surface area is 126 Å². The Morgan fingerprint density at radius 3 is 2.76 bits per heavy atom. The highest BCUT2D eigenvalue weighted by atomic mass is 16.5. The molecule has 0 aromatic heterocycles. The second-order valence-corrected chi connectivity index (χ2v) is 6.93. The molecule has 2 aliphatic rings. The minimum absolute atomic E-state index is 0.0510. The number of hydrogen-bond acceptors (Lipinski definition) is 2. The van der Waals surface area contributed by atoms with Gasteiger partial charge in [0.05, 0.1) is 6.26 Å². The van der Waals surface area contributed by atoms with Gasteiger partial charge in [0.2, 0.25) is 0 Å². The molecule has 1 aliphatic heterocycles. The number of carbonyl (C=O) groups excluding carboxylic acids is 1. The summed E-state index contributed by atoms with van der Waals surface area (Å²) < 4.78 is 5.57. The van der Waals surface area contributed by atoms with Crippen LogP contribution in [0.2, 0.25) is 0 Å². The van der Waals surface area contributed by atoms with E-state index in [1.165, 1.54) is 11.1 Å². The van der Waals surface area contributed by atoms with Crippen molar-refractivity contribution in [2.24, 2.45) is 0 Å². The standard InChI is InChI=1S/C18H23NO2/c1-17(2)11-9-13-14(17)7-6-8-15(13)19-16(20)18(3)10-4-5-12-21-18/h5-8,12H,4,9-11H2,1-3H3,(H,19,20). The summed E-state index contributed by atoms with van der Waals surface area (Å²) in [5, 5.41) is 3.09. The fourth-order valence-electron chi connectivity index (χ4n) is 3.29. The summed E-state index contributed by atoms with van der Waals surface area (Å²) in [6.45, 7) is 6.39. The summed E-state index contributed by atoms with van der Waals surface area (Å²) in [6.07, 6.45) is 7.35. The molecule has 1 atom stereocenters. The van der Waals surface area contributed by atoms with E-state index in [4.69, 9.17) is 4.74 Å². The zero-order valence-electron chi connectivity index (χ0n) is 13.0. The molecule has 1 N–H and O–H groups in total. The van der Waals surface area contributed by atoms with Crippen LogP contribution in [0.5, 0.6) is 0 Å². The van der Waals surface area contributed by atoms with Crippen molar-refractivity contribution in [1.82, 2.24) is 0 Å². The van der Waals surface area contributed by atoms with Gasteiger partial charge in [-0.3, -0.25) is 4.79 Å². The number of anilines is 1. The zero-order chi connectivity index (χ0) is 15.1. The van der Waals surface area contributed by atoms with Crippen molar-refractivity contribution in [2.75, 3.05) is 5.32 Å². The highest BCUT2D eigenvalue weighted by Gasteiger charge is 2.37. The Bertz CT molecular complexity index is 603. The van der Waals surface area contributed by atoms with E-state index in [0.29, 0.717) is 0 Å². The van der Waals surface area contributed by atoms with Crippen molar-refractivity contribution in [3.63, 3.8) is 0 Å². The fraction of sp³-hybridized carbons (Fsp3) is 0.500. The van der Waals surface area contributed by atoms with Crippen LogP contribution in [0.1, 0.15) is 51.2 Å². The Morgan fingerprint density at radius 2 is 2.05 bits per heavy atom. The Hall–Kier alpha value is -1.77. The van der Waals surface area contributed by atoms with Gasteiger partial charge in [0.1, 0.15) is 0 Å². The average Bonchev–Trinajstić information content (AvgIpc) is 2.77. The van der Waals surface area contributed by atoms with Gasteiger partial charge in [0.25, 0.3) is 5.91 Å². The van der Waals surface area contributed by atoms with Crippen LogP contribution in [0.15, 0.2) is 30.5 Å². The summed E-state index contributed by atoms with van der Waals surface area (Å²) >= 11 is 0. The maximum absolute atomic E-state index is 12.6. The van der Waals surface area contributed by atoms with Crippen molar-refractivity contribution in [3.8, 4) is 0 Å². The van der Waals surface area contributed by atoms with Gasteiger partial charge in [-0.15, -0.1) is 0 Å². The number of amides is 1. The van der Waals surface area contributed by atoms with Crippen LogP contribution < -0.4 is 5.32 Å². The molecular formula is C18H23NO2. The molecule has 3 nitrogen and oxygen atoms in total. The lowest BCUT2D eigenvalue weighted by Crippen LogP contribution is -2.42. The van der Waals surface area contributed by atoms with E-state index in [1.807, 2.05) is 25.1 Å². The second-order valence-electron chi connectivity index (χ2n) is 6.93. The predicted octanol–water partition coefficient (Wildman–Crippen LogP) is 3.93. The fourth-order valence-corrected chi connectivity index (χ4v) is 3.29. The topological polar surface area (TPSA) is 38.3 Å². The number of hydrogen-bond donors (Lipinski definition) is 1. The first-order chi connectivity index (χ1) is 9.92. The van der Waals surface area contributed by atoms with Crippen LogP contribution in [0, 0.1) is 0 Å². The second kappa shape index (κ2) is 4.90. The van der Waals surface area contributed by atoms with Gasteiger partial charge in [-0.25, -0.2) is 0 Å². The molecule has 0 fully saturated rings. The first-order valence-corrected chi connectivity index (χ1v) is 7.69. The number of allylic oxidation sites excluding steroid dienone is 1. The molecule has 1 unspecified atom stereocenters. The van der Waals surface area contributed by atoms with Crippen molar-refractivity contribution in [1.29, 1.82) is 0 Å². The third-order valence-corrected chi connectivity index (χ3v) is 4.85. The zero-order valence-corrected chi connectivity index (χ0v) is 13.0. The lowest BCUT2D eigenvalue weighted by molar-refractivity contribution is -0.134.